The topological polar surface area (TPSA) is 65.5 Å². The minimum absolute atomic E-state index is 0.142. The molecule has 8 heteroatoms. The molecule has 0 atom stereocenters. The third-order valence-corrected chi connectivity index (χ3v) is 6.15. The summed E-state index contributed by atoms with van der Waals surface area (Å²) in [5.74, 6) is 0.0218. The number of hydrogen-bond acceptors (Lipinski definition) is 5. The summed E-state index contributed by atoms with van der Waals surface area (Å²) in [7, 11) is 0. The molecule has 1 aliphatic rings. The summed E-state index contributed by atoms with van der Waals surface area (Å²) in [4.78, 5) is 32.9. The first kappa shape index (κ1) is 21.9. The number of para-hydroxylation sites is 1. The van der Waals surface area contributed by atoms with E-state index in [4.69, 9.17) is 12.2 Å². The Bertz CT molecular complexity index is 1200. The van der Waals surface area contributed by atoms with E-state index in [0.717, 1.165) is 5.69 Å². The summed E-state index contributed by atoms with van der Waals surface area (Å²) in [5, 5.41) is 5.64. The molecule has 2 amide bonds. The van der Waals surface area contributed by atoms with Gasteiger partial charge in [0.15, 0.2) is 10.2 Å². The van der Waals surface area contributed by atoms with Gasteiger partial charge in [0.25, 0.3) is 5.91 Å². The van der Waals surface area contributed by atoms with Crippen LogP contribution in [0.25, 0.3) is 6.08 Å². The monoisotopic (exact) mass is 462 g/mol. The first-order chi connectivity index (χ1) is 15.3. The average molecular weight is 463 g/mol. The predicted molar refractivity (Wildman–Crippen MR) is 133 cm³/mol. The van der Waals surface area contributed by atoms with E-state index in [1.807, 2.05) is 54.6 Å². The van der Waals surface area contributed by atoms with Crippen molar-refractivity contribution in [1.82, 2.24) is 10.3 Å². The van der Waals surface area contributed by atoms with E-state index in [1.54, 1.807) is 16.4 Å². The van der Waals surface area contributed by atoms with Crippen LogP contribution in [-0.2, 0) is 9.59 Å². The molecule has 0 spiro atoms. The maximum absolute atomic E-state index is 13.0. The van der Waals surface area contributed by atoms with Gasteiger partial charge in [-0.3, -0.25) is 19.4 Å². The van der Waals surface area contributed by atoms with Crippen LogP contribution in [0.5, 0.6) is 0 Å². The Hall–Kier alpha value is -3.36. The van der Waals surface area contributed by atoms with Gasteiger partial charge >= 0.3 is 0 Å². The van der Waals surface area contributed by atoms with E-state index in [0.29, 0.717) is 33.2 Å². The van der Waals surface area contributed by atoms with Crippen LogP contribution in [-0.4, -0.2) is 21.9 Å². The fourth-order valence-corrected chi connectivity index (χ4v) is 4.52. The second-order valence-electron chi connectivity index (χ2n) is 7.62. The molecule has 2 aromatic carbocycles. The molecule has 1 saturated heterocycles. The van der Waals surface area contributed by atoms with E-state index < -0.39 is 0 Å². The smallest absolute Gasteiger partial charge is 0.281 e. The van der Waals surface area contributed by atoms with Crippen molar-refractivity contribution >= 4 is 63.1 Å². The molecule has 3 aromatic rings. The molecular formula is C24H22N4O2S2. The summed E-state index contributed by atoms with van der Waals surface area (Å²) in [6.07, 6.45) is 1.65. The molecule has 2 heterocycles. The Morgan fingerprint density at radius 1 is 1.16 bits per heavy atom. The van der Waals surface area contributed by atoms with Crippen molar-refractivity contribution in [2.45, 2.75) is 26.7 Å². The number of anilines is 3. The number of rotatable bonds is 5. The van der Waals surface area contributed by atoms with Crippen LogP contribution in [0.3, 0.4) is 0 Å². The standard InChI is InChI=1S/C24H22N4O2S2/c1-15(2)17-9-11-20(12-10-17)28-22(30)21(26-23(28)31)13-18-14-32-24(25-18)27(16(3)29)19-7-5-4-6-8-19/h4-15H,1-3H3,(H,26,31)/b21-13+. The SMILES string of the molecule is CC(=O)N(c1ccccc1)c1nc(/C=C2/NC(=S)N(c3ccc(C(C)C)cc3)C2=O)cs1. The van der Waals surface area contributed by atoms with Crippen LogP contribution in [0, 0.1) is 0 Å². The quantitative estimate of drug-likeness (QED) is 0.416. The molecule has 0 radical (unpaired) electrons. The molecule has 0 aliphatic carbocycles. The van der Waals surface area contributed by atoms with E-state index in [2.05, 4.69) is 24.1 Å². The molecule has 1 fully saturated rings. The number of amides is 2. The highest BCUT2D eigenvalue weighted by molar-refractivity contribution is 7.80. The van der Waals surface area contributed by atoms with Gasteiger partial charge in [-0.15, -0.1) is 11.3 Å². The summed E-state index contributed by atoms with van der Waals surface area (Å²) in [5.41, 5.74) is 3.56. The lowest BCUT2D eigenvalue weighted by Crippen LogP contribution is -2.30. The van der Waals surface area contributed by atoms with Crippen molar-refractivity contribution in [1.29, 1.82) is 0 Å². The van der Waals surface area contributed by atoms with Crippen LogP contribution in [0.15, 0.2) is 65.7 Å². The number of benzene rings is 2. The van der Waals surface area contributed by atoms with Crippen LogP contribution >= 0.6 is 23.6 Å². The van der Waals surface area contributed by atoms with Crippen molar-refractivity contribution in [2.24, 2.45) is 0 Å². The van der Waals surface area contributed by atoms with Crippen LogP contribution in [0.2, 0.25) is 0 Å². The van der Waals surface area contributed by atoms with Crippen molar-refractivity contribution < 1.29 is 9.59 Å². The van der Waals surface area contributed by atoms with E-state index >= 15 is 0 Å². The van der Waals surface area contributed by atoms with Gasteiger partial charge in [-0.05, 0) is 54.0 Å². The molecule has 0 saturated carbocycles. The highest BCUT2D eigenvalue weighted by atomic mass is 32.1. The Morgan fingerprint density at radius 3 is 2.47 bits per heavy atom. The molecule has 32 heavy (non-hydrogen) atoms. The molecular weight excluding hydrogens is 440 g/mol. The molecule has 1 N–H and O–H groups in total. The number of hydrogen-bond donors (Lipinski definition) is 1. The maximum atomic E-state index is 13.0. The minimum atomic E-state index is -0.242. The van der Waals surface area contributed by atoms with Gasteiger partial charge in [0.05, 0.1) is 17.1 Å². The first-order valence-corrected chi connectivity index (χ1v) is 11.4. The fourth-order valence-electron chi connectivity index (χ4n) is 3.37. The lowest BCUT2D eigenvalue weighted by atomic mass is 10.0. The number of carbonyl (C=O) groups excluding carboxylic acids is 2. The first-order valence-electron chi connectivity index (χ1n) is 10.1. The Labute approximate surface area is 196 Å². The second kappa shape index (κ2) is 9.02. The van der Waals surface area contributed by atoms with E-state index in [-0.39, 0.29) is 11.8 Å². The van der Waals surface area contributed by atoms with Crippen molar-refractivity contribution in [3.63, 3.8) is 0 Å². The zero-order valence-electron chi connectivity index (χ0n) is 17.9. The minimum Gasteiger partial charge on any atom is -0.327 e. The zero-order valence-corrected chi connectivity index (χ0v) is 19.5. The molecule has 1 aliphatic heterocycles. The number of thiocarbonyl (C=S) groups is 1. The maximum Gasteiger partial charge on any atom is 0.281 e. The van der Waals surface area contributed by atoms with Crippen molar-refractivity contribution in [3.8, 4) is 0 Å². The highest BCUT2D eigenvalue weighted by Crippen LogP contribution is 2.30. The average Bonchev–Trinajstić information content (AvgIpc) is 3.33. The van der Waals surface area contributed by atoms with Crippen LogP contribution in [0.4, 0.5) is 16.5 Å². The largest absolute Gasteiger partial charge is 0.327 e. The van der Waals surface area contributed by atoms with Gasteiger partial charge in [0, 0.05) is 12.3 Å². The van der Waals surface area contributed by atoms with Crippen LogP contribution < -0.4 is 15.1 Å². The Morgan fingerprint density at radius 2 is 1.84 bits per heavy atom. The lowest BCUT2D eigenvalue weighted by Gasteiger charge is -2.17. The normalized spacial score (nSPS) is 14.9. The molecule has 162 valence electrons. The fraction of sp³-hybridized carbons (Fsp3) is 0.167. The van der Waals surface area contributed by atoms with Gasteiger partial charge in [-0.25, -0.2) is 4.98 Å². The van der Waals surface area contributed by atoms with Crippen molar-refractivity contribution in [2.75, 3.05) is 9.80 Å². The Balaban J connectivity index is 1.59. The molecule has 6 nitrogen and oxygen atoms in total. The lowest BCUT2D eigenvalue weighted by molar-refractivity contribution is -0.116. The van der Waals surface area contributed by atoms with Gasteiger partial charge < -0.3 is 5.32 Å². The highest BCUT2D eigenvalue weighted by Gasteiger charge is 2.32. The number of nitrogens with one attached hydrogen (secondary N) is 1. The Kier molecular flexibility index (Phi) is 6.16. The summed E-state index contributed by atoms with van der Waals surface area (Å²) >= 11 is 6.74. The molecule has 4 rings (SSSR count). The van der Waals surface area contributed by atoms with Gasteiger partial charge in [-0.2, -0.15) is 0 Å². The zero-order chi connectivity index (χ0) is 22.8. The van der Waals surface area contributed by atoms with E-state index in [1.165, 1.54) is 28.7 Å². The number of carbonyl (C=O) groups is 2. The molecule has 0 unspecified atom stereocenters. The number of nitrogens with zero attached hydrogens (tertiary/aromatic N) is 3. The predicted octanol–water partition coefficient (Wildman–Crippen LogP) is 5.21. The van der Waals surface area contributed by atoms with Crippen LogP contribution in [0.1, 0.15) is 37.9 Å². The third-order valence-electron chi connectivity index (χ3n) is 5.02. The number of thiazole rings is 1. The summed E-state index contributed by atoms with van der Waals surface area (Å²) < 4.78 is 0. The van der Waals surface area contributed by atoms with Crippen molar-refractivity contribution in [3.05, 3.63) is 76.9 Å². The molecule has 0 bridgehead atoms. The summed E-state index contributed by atoms with van der Waals surface area (Å²) in [6, 6.07) is 17.1. The number of aromatic nitrogens is 1. The van der Waals surface area contributed by atoms with Gasteiger partial charge in [-0.1, -0.05) is 44.2 Å². The molecule has 1 aromatic heterocycles. The van der Waals surface area contributed by atoms with Gasteiger partial charge in [0.1, 0.15) is 5.70 Å². The summed E-state index contributed by atoms with van der Waals surface area (Å²) in [6.45, 7) is 5.74. The second-order valence-corrected chi connectivity index (χ2v) is 8.84. The van der Waals surface area contributed by atoms with Gasteiger partial charge in [0.2, 0.25) is 5.91 Å². The third kappa shape index (κ3) is 4.32. The van der Waals surface area contributed by atoms with E-state index in [9.17, 15) is 9.59 Å².